The molecule has 0 saturated carbocycles. The van der Waals surface area contributed by atoms with Crippen LogP contribution in [0.5, 0.6) is 5.75 Å². The van der Waals surface area contributed by atoms with Crippen LogP contribution in [0.25, 0.3) is 0 Å². The molecule has 0 aromatic heterocycles. The lowest BCUT2D eigenvalue weighted by atomic mass is 10.0. The Bertz CT molecular complexity index is 582. The molecule has 1 aliphatic heterocycles. The zero-order valence-electron chi connectivity index (χ0n) is 15.6. The molecule has 138 valence electrons. The fourth-order valence-electron chi connectivity index (χ4n) is 3.00. The molecule has 2 amide bonds. The van der Waals surface area contributed by atoms with Crippen LogP contribution in [-0.2, 0) is 9.59 Å². The van der Waals surface area contributed by atoms with Crippen molar-refractivity contribution >= 4 is 11.8 Å². The van der Waals surface area contributed by atoms with Crippen LogP contribution in [0.1, 0.15) is 58.1 Å². The molecule has 0 spiro atoms. The number of hydrogen-bond acceptors (Lipinski definition) is 3. The van der Waals surface area contributed by atoms with Gasteiger partial charge in [0.15, 0.2) is 6.61 Å². The highest BCUT2D eigenvalue weighted by Gasteiger charge is 2.21. The van der Waals surface area contributed by atoms with Crippen LogP contribution >= 0.6 is 0 Å². The van der Waals surface area contributed by atoms with Crippen molar-refractivity contribution < 1.29 is 14.3 Å². The number of benzene rings is 1. The van der Waals surface area contributed by atoms with Gasteiger partial charge in [0.25, 0.3) is 5.91 Å². The number of nitrogens with zero attached hydrogens (tertiary/aromatic N) is 1. The van der Waals surface area contributed by atoms with Gasteiger partial charge in [0, 0.05) is 24.6 Å². The maximum atomic E-state index is 12.3. The maximum absolute atomic E-state index is 12.3. The molecule has 1 N–H and O–H groups in total. The van der Waals surface area contributed by atoms with Gasteiger partial charge in [0.1, 0.15) is 5.75 Å². The number of carbonyl (C=O) groups excluding carboxylic acids is 2. The third-order valence-corrected chi connectivity index (χ3v) is 4.89. The second-order valence-electron chi connectivity index (χ2n) is 6.69. The van der Waals surface area contributed by atoms with Gasteiger partial charge in [0.2, 0.25) is 5.91 Å². The highest BCUT2D eigenvalue weighted by molar-refractivity contribution is 5.79. The Morgan fingerprint density at radius 3 is 2.48 bits per heavy atom. The van der Waals surface area contributed by atoms with E-state index in [9.17, 15) is 9.59 Å². The molecule has 0 unspecified atom stereocenters. The summed E-state index contributed by atoms with van der Waals surface area (Å²) in [5, 5.41) is 3.10. The predicted molar refractivity (Wildman–Crippen MR) is 98.4 cm³/mol. The number of rotatable bonds is 8. The molecule has 1 aromatic rings. The topological polar surface area (TPSA) is 58.6 Å². The molecule has 1 aromatic carbocycles. The van der Waals surface area contributed by atoms with Gasteiger partial charge in [-0.2, -0.15) is 0 Å². The smallest absolute Gasteiger partial charge is 0.260 e. The van der Waals surface area contributed by atoms with E-state index in [1.165, 1.54) is 0 Å². The first-order valence-corrected chi connectivity index (χ1v) is 9.36. The SMILES string of the molecule is CC[C@H](NC(=O)[C@@H](C)CC)c1ccccc1OCC(=O)N1CCCC1. The van der Waals surface area contributed by atoms with Crippen molar-refractivity contribution in [2.45, 2.75) is 52.5 Å². The van der Waals surface area contributed by atoms with Crippen molar-refractivity contribution in [3.63, 3.8) is 0 Å². The average Bonchev–Trinajstić information content (AvgIpc) is 3.18. The van der Waals surface area contributed by atoms with Crippen LogP contribution in [0.15, 0.2) is 24.3 Å². The van der Waals surface area contributed by atoms with Crippen molar-refractivity contribution in [3.8, 4) is 5.75 Å². The van der Waals surface area contributed by atoms with Gasteiger partial charge in [-0.1, -0.05) is 39.0 Å². The maximum Gasteiger partial charge on any atom is 0.260 e. The van der Waals surface area contributed by atoms with E-state index in [0.717, 1.165) is 44.3 Å². The molecule has 25 heavy (non-hydrogen) atoms. The van der Waals surface area contributed by atoms with E-state index >= 15 is 0 Å². The van der Waals surface area contributed by atoms with Crippen molar-refractivity contribution in [3.05, 3.63) is 29.8 Å². The fraction of sp³-hybridized carbons (Fsp3) is 0.600. The van der Waals surface area contributed by atoms with Gasteiger partial charge < -0.3 is 15.0 Å². The van der Waals surface area contributed by atoms with Crippen LogP contribution < -0.4 is 10.1 Å². The van der Waals surface area contributed by atoms with Gasteiger partial charge in [-0.25, -0.2) is 0 Å². The van der Waals surface area contributed by atoms with E-state index in [1.54, 1.807) is 0 Å². The number of likely N-dealkylation sites (tertiary alicyclic amines) is 1. The summed E-state index contributed by atoms with van der Waals surface area (Å²) < 4.78 is 5.82. The summed E-state index contributed by atoms with van der Waals surface area (Å²) in [5.74, 6) is 0.742. The predicted octanol–water partition coefficient (Wildman–Crippen LogP) is 3.30. The van der Waals surface area contributed by atoms with Crippen LogP contribution in [0.4, 0.5) is 0 Å². The van der Waals surface area contributed by atoms with Gasteiger partial charge in [-0.15, -0.1) is 0 Å². The van der Waals surface area contributed by atoms with E-state index in [2.05, 4.69) is 5.32 Å². The lowest BCUT2D eigenvalue weighted by molar-refractivity contribution is -0.132. The molecule has 1 saturated heterocycles. The van der Waals surface area contributed by atoms with Crippen LogP contribution in [-0.4, -0.2) is 36.4 Å². The first-order valence-electron chi connectivity index (χ1n) is 9.36. The Kier molecular flexibility index (Phi) is 7.29. The van der Waals surface area contributed by atoms with Crippen LogP contribution in [0, 0.1) is 5.92 Å². The molecule has 5 heteroatoms. The molecule has 1 heterocycles. The van der Waals surface area contributed by atoms with Crippen molar-refractivity contribution in [2.24, 2.45) is 5.92 Å². The molecular formula is C20H30N2O3. The quantitative estimate of drug-likeness (QED) is 0.786. The van der Waals surface area contributed by atoms with Crippen LogP contribution in [0.3, 0.4) is 0 Å². The van der Waals surface area contributed by atoms with E-state index in [1.807, 2.05) is 49.9 Å². The summed E-state index contributed by atoms with van der Waals surface area (Å²) in [4.78, 5) is 26.3. The Morgan fingerprint density at radius 1 is 1.16 bits per heavy atom. The zero-order valence-corrected chi connectivity index (χ0v) is 15.6. The molecule has 0 bridgehead atoms. The monoisotopic (exact) mass is 346 g/mol. The normalized spacial score (nSPS) is 16.4. The van der Waals surface area contributed by atoms with E-state index < -0.39 is 0 Å². The Labute approximate surface area is 150 Å². The minimum Gasteiger partial charge on any atom is -0.483 e. The first kappa shape index (κ1) is 19.3. The van der Waals surface area contributed by atoms with Gasteiger partial charge in [-0.05, 0) is 31.7 Å². The highest BCUT2D eigenvalue weighted by Crippen LogP contribution is 2.27. The molecule has 5 nitrogen and oxygen atoms in total. The van der Waals surface area contributed by atoms with Crippen LogP contribution in [0.2, 0.25) is 0 Å². The fourth-order valence-corrected chi connectivity index (χ4v) is 3.00. The van der Waals surface area contributed by atoms with Crippen molar-refractivity contribution in [2.75, 3.05) is 19.7 Å². The van der Waals surface area contributed by atoms with Crippen molar-refractivity contribution in [1.82, 2.24) is 10.2 Å². The summed E-state index contributed by atoms with van der Waals surface area (Å²) in [5.41, 5.74) is 0.927. The molecule has 1 fully saturated rings. The molecule has 0 radical (unpaired) electrons. The minimum absolute atomic E-state index is 0.0149. The number of nitrogens with one attached hydrogen (secondary N) is 1. The average molecular weight is 346 g/mol. The lowest BCUT2D eigenvalue weighted by Crippen LogP contribution is -2.34. The second kappa shape index (κ2) is 9.44. The molecule has 2 rings (SSSR count). The zero-order chi connectivity index (χ0) is 18.2. The van der Waals surface area contributed by atoms with Gasteiger partial charge in [0.05, 0.1) is 6.04 Å². The summed E-state index contributed by atoms with van der Waals surface area (Å²) >= 11 is 0. The largest absolute Gasteiger partial charge is 0.483 e. The van der Waals surface area contributed by atoms with Crippen molar-refractivity contribution in [1.29, 1.82) is 0 Å². The number of amides is 2. The number of ether oxygens (including phenoxy) is 1. The third-order valence-electron chi connectivity index (χ3n) is 4.89. The molecule has 1 aliphatic rings. The summed E-state index contributed by atoms with van der Waals surface area (Å²) in [6.07, 6.45) is 3.72. The summed E-state index contributed by atoms with van der Waals surface area (Å²) in [6.45, 7) is 7.67. The molecular weight excluding hydrogens is 316 g/mol. The second-order valence-corrected chi connectivity index (χ2v) is 6.69. The number of para-hydroxylation sites is 1. The molecule has 2 atom stereocenters. The lowest BCUT2D eigenvalue weighted by Gasteiger charge is -2.23. The number of hydrogen-bond donors (Lipinski definition) is 1. The van der Waals surface area contributed by atoms with Gasteiger partial charge in [-0.3, -0.25) is 9.59 Å². The van der Waals surface area contributed by atoms with E-state index in [4.69, 9.17) is 4.74 Å². The first-order chi connectivity index (χ1) is 12.1. The standard InChI is InChI=1S/C20H30N2O3/c1-4-15(3)20(24)21-17(5-2)16-10-6-7-11-18(16)25-14-19(23)22-12-8-9-13-22/h6-7,10-11,15,17H,4-5,8-9,12-14H2,1-3H3,(H,21,24)/t15-,17-/m0/s1. The Hall–Kier alpha value is -2.04. The Balaban J connectivity index is 2.04. The third kappa shape index (κ3) is 5.21. The minimum atomic E-state index is -0.111. The highest BCUT2D eigenvalue weighted by atomic mass is 16.5. The molecule has 0 aliphatic carbocycles. The number of carbonyl (C=O) groups is 2. The Morgan fingerprint density at radius 2 is 1.84 bits per heavy atom. The summed E-state index contributed by atoms with van der Waals surface area (Å²) in [6, 6.07) is 7.54. The van der Waals surface area contributed by atoms with E-state index in [0.29, 0.717) is 5.75 Å². The summed E-state index contributed by atoms with van der Waals surface area (Å²) in [7, 11) is 0. The van der Waals surface area contributed by atoms with Gasteiger partial charge >= 0.3 is 0 Å². The van der Waals surface area contributed by atoms with E-state index in [-0.39, 0.29) is 30.4 Å².